The smallest absolute Gasteiger partial charge is 0.337 e. The zero-order valence-corrected chi connectivity index (χ0v) is 14.6. The number of halogens is 1. The van der Waals surface area contributed by atoms with E-state index in [0.717, 1.165) is 11.1 Å². The van der Waals surface area contributed by atoms with Crippen molar-refractivity contribution in [3.05, 3.63) is 82.9 Å². The third kappa shape index (κ3) is 3.17. The van der Waals surface area contributed by atoms with Gasteiger partial charge in [-0.2, -0.15) is 0 Å². The molecule has 0 saturated carbocycles. The molecule has 0 saturated heterocycles. The molecule has 0 radical (unpaired) electrons. The van der Waals surface area contributed by atoms with E-state index in [1.807, 2.05) is 41.3 Å². The van der Waals surface area contributed by atoms with Crippen LogP contribution in [0.5, 0.6) is 0 Å². The molecule has 0 amide bonds. The number of carbonyl (C=O) groups excluding carboxylic acids is 1. The summed E-state index contributed by atoms with van der Waals surface area (Å²) in [5.41, 5.74) is 2.44. The van der Waals surface area contributed by atoms with E-state index < -0.39 is 11.8 Å². The summed E-state index contributed by atoms with van der Waals surface area (Å²) in [6, 6.07) is 12.0. The Morgan fingerprint density at radius 2 is 1.67 bits per heavy atom. The normalized spacial score (nSPS) is 12.1. The molecular formula is C21H16FN3O2. The summed E-state index contributed by atoms with van der Waals surface area (Å²) in [5.74, 6) is 0.341. The highest BCUT2D eigenvalue weighted by molar-refractivity contribution is 5.89. The molecule has 6 heteroatoms. The van der Waals surface area contributed by atoms with Gasteiger partial charge >= 0.3 is 5.97 Å². The third-order valence-corrected chi connectivity index (χ3v) is 4.39. The van der Waals surface area contributed by atoms with Crippen LogP contribution in [0.4, 0.5) is 16.0 Å². The van der Waals surface area contributed by atoms with E-state index >= 15 is 0 Å². The van der Waals surface area contributed by atoms with Crippen molar-refractivity contribution in [3.63, 3.8) is 0 Å². The first-order valence-electron chi connectivity index (χ1n) is 8.40. The van der Waals surface area contributed by atoms with Gasteiger partial charge in [-0.1, -0.05) is 18.2 Å². The summed E-state index contributed by atoms with van der Waals surface area (Å²) in [6.45, 7) is 0.225. The van der Waals surface area contributed by atoms with Gasteiger partial charge in [0.25, 0.3) is 0 Å². The molecule has 1 aromatic carbocycles. The Bertz CT molecular complexity index is 1000. The van der Waals surface area contributed by atoms with E-state index in [4.69, 9.17) is 0 Å². The van der Waals surface area contributed by atoms with Gasteiger partial charge in [0.2, 0.25) is 0 Å². The van der Waals surface area contributed by atoms with Crippen LogP contribution in [-0.2, 0) is 11.3 Å². The number of esters is 1. The van der Waals surface area contributed by atoms with Gasteiger partial charge in [-0.25, -0.2) is 19.2 Å². The minimum Gasteiger partial charge on any atom is -0.465 e. The minimum absolute atomic E-state index is 0.174. The van der Waals surface area contributed by atoms with Crippen LogP contribution >= 0.6 is 0 Å². The fourth-order valence-electron chi connectivity index (χ4n) is 3.05. The van der Waals surface area contributed by atoms with Crippen LogP contribution in [0.1, 0.15) is 27.0 Å². The monoisotopic (exact) mass is 361 g/mol. The summed E-state index contributed by atoms with van der Waals surface area (Å²) < 4.78 is 19.3. The number of aromatic nitrogens is 2. The first-order valence-corrected chi connectivity index (χ1v) is 8.40. The van der Waals surface area contributed by atoms with E-state index in [2.05, 4.69) is 14.7 Å². The molecule has 27 heavy (non-hydrogen) atoms. The molecular weight excluding hydrogens is 345 g/mol. The second-order valence-electron chi connectivity index (χ2n) is 6.05. The molecule has 0 atom stereocenters. The van der Waals surface area contributed by atoms with Crippen LogP contribution in [0.15, 0.2) is 54.9 Å². The molecule has 0 fully saturated rings. The number of methoxy groups -OCH3 is 1. The Balaban J connectivity index is 1.78. The first kappa shape index (κ1) is 16.9. The van der Waals surface area contributed by atoms with E-state index in [1.165, 1.54) is 13.2 Å². The average Bonchev–Trinajstić information content (AvgIpc) is 2.86. The van der Waals surface area contributed by atoms with E-state index in [0.29, 0.717) is 17.2 Å². The maximum Gasteiger partial charge on any atom is 0.337 e. The van der Waals surface area contributed by atoms with E-state index in [9.17, 15) is 9.18 Å². The summed E-state index contributed by atoms with van der Waals surface area (Å²) in [5, 5.41) is 0. The topological polar surface area (TPSA) is 55.3 Å². The second kappa shape index (κ2) is 6.99. The molecule has 0 spiro atoms. The third-order valence-electron chi connectivity index (χ3n) is 4.39. The summed E-state index contributed by atoms with van der Waals surface area (Å²) in [4.78, 5) is 22.5. The Morgan fingerprint density at radius 1 is 1.04 bits per heavy atom. The van der Waals surface area contributed by atoms with Gasteiger partial charge in [0.1, 0.15) is 17.5 Å². The lowest BCUT2D eigenvalue weighted by Gasteiger charge is -2.24. The van der Waals surface area contributed by atoms with Crippen molar-refractivity contribution in [2.24, 2.45) is 0 Å². The summed E-state index contributed by atoms with van der Waals surface area (Å²) in [7, 11) is 1.27. The molecule has 0 bridgehead atoms. The maximum atomic E-state index is 14.7. The van der Waals surface area contributed by atoms with Crippen LogP contribution in [0.3, 0.4) is 0 Å². The molecule has 0 N–H and O–H groups in total. The van der Waals surface area contributed by atoms with Crippen LogP contribution in [0.25, 0.3) is 12.2 Å². The fourth-order valence-corrected chi connectivity index (χ4v) is 3.05. The lowest BCUT2D eigenvalue weighted by atomic mass is 10.1. The molecule has 134 valence electrons. The lowest BCUT2D eigenvalue weighted by Crippen LogP contribution is -2.21. The Labute approximate surface area is 155 Å². The molecule has 1 aliphatic heterocycles. The van der Waals surface area contributed by atoms with Crippen molar-refractivity contribution in [3.8, 4) is 0 Å². The first-order chi connectivity index (χ1) is 13.2. The average molecular weight is 361 g/mol. The number of rotatable bonds is 3. The van der Waals surface area contributed by atoms with Crippen molar-refractivity contribution in [1.82, 2.24) is 9.97 Å². The van der Waals surface area contributed by atoms with Crippen molar-refractivity contribution >= 4 is 29.8 Å². The van der Waals surface area contributed by atoms with Crippen molar-refractivity contribution in [2.75, 3.05) is 12.0 Å². The van der Waals surface area contributed by atoms with Crippen LogP contribution in [-0.4, -0.2) is 23.0 Å². The fraction of sp³-hybridized carbons (Fsp3) is 0.0952. The number of ether oxygens (including phenoxy) is 1. The van der Waals surface area contributed by atoms with Gasteiger partial charge < -0.3 is 9.64 Å². The highest BCUT2D eigenvalue weighted by Crippen LogP contribution is 2.34. The number of fused-ring (bicyclic) bond motifs is 2. The Kier molecular flexibility index (Phi) is 4.38. The standard InChI is InChI=1S/C21H16FN3O2/c1-27-21(26)16-8-9-17(18(22)12-16)13-25-19-14(4-2-10-23-19)6-7-15-5-3-11-24-20(15)25/h2-12H,13H2,1H3. The van der Waals surface area contributed by atoms with Gasteiger partial charge in [0.05, 0.1) is 19.2 Å². The van der Waals surface area contributed by atoms with Crippen molar-refractivity contribution in [1.29, 1.82) is 0 Å². The zero-order chi connectivity index (χ0) is 18.8. The quantitative estimate of drug-likeness (QED) is 0.654. The maximum absolute atomic E-state index is 14.7. The predicted octanol–water partition coefficient (Wildman–Crippen LogP) is 4.22. The highest BCUT2D eigenvalue weighted by Gasteiger charge is 2.22. The molecule has 2 aromatic heterocycles. The van der Waals surface area contributed by atoms with Crippen LogP contribution in [0, 0.1) is 5.82 Å². The Hall–Kier alpha value is -3.54. The number of hydrogen-bond donors (Lipinski definition) is 0. The minimum atomic E-state index is -0.571. The molecule has 0 aliphatic carbocycles. The second-order valence-corrected chi connectivity index (χ2v) is 6.05. The van der Waals surface area contributed by atoms with Crippen molar-refractivity contribution in [2.45, 2.75) is 6.54 Å². The van der Waals surface area contributed by atoms with Crippen LogP contribution in [0.2, 0.25) is 0 Å². The van der Waals surface area contributed by atoms with E-state index in [-0.39, 0.29) is 12.1 Å². The van der Waals surface area contributed by atoms with Crippen molar-refractivity contribution < 1.29 is 13.9 Å². The molecule has 1 aliphatic rings. The molecule has 3 aromatic rings. The Morgan fingerprint density at radius 3 is 2.22 bits per heavy atom. The number of nitrogens with zero attached hydrogens (tertiary/aromatic N) is 3. The zero-order valence-electron chi connectivity index (χ0n) is 14.6. The summed E-state index contributed by atoms with van der Waals surface area (Å²) in [6.07, 6.45) is 7.34. The van der Waals surface area contributed by atoms with Gasteiger partial charge in [0, 0.05) is 29.1 Å². The molecule has 5 nitrogen and oxygen atoms in total. The number of carbonyl (C=O) groups is 1. The van der Waals surface area contributed by atoms with Gasteiger partial charge in [0.15, 0.2) is 0 Å². The number of pyridine rings is 2. The predicted molar refractivity (Wildman–Crippen MR) is 101 cm³/mol. The van der Waals surface area contributed by atoms with Gasteiger partial charge in [-0.05, 0) is 36.4 Å². The molecule has 0 unspecified atom stereocenters. The molecule has 3 heterocycles. The number of benzene rings is 1. The number of hydrogen-bond acceptors (Lipinski definition) is 5. The number of anilines is 2. The summed E-state index contributed by atoms with van der Waals surface area (Å²) >= 11 is 0. The largest absolute Gasteiger partial charge is 0.465 e. The SMILES string of the molecule is COC(=O)c1ccc(CN2c3ncccc3C=Cc3cccnc32)c(F)c1. The molecule has 4 rings (SSSR count). The lowest BCUT2D eigenvalue weighted by molar-refractivity contribution is 0.0600. The highest BCUT2D eigenvalue weighted by atomic mass is 19.1. The van der Waals surface area contributed by atoms with Gasteiger partial charge in [-0.15, -0.1) is 0 Å². The van der Waals surface area contributed by atoms with Crippen LogP contribution < -0.4 is 4.90 Å². The van der Waals surface area contributed by atoms with E-state index in [1.54, 1.807) is 24.5 Å². The van der Waals surface area contributed by atoms with Gasteiger partial charge in [-0.3, -0.25) is 0 Å².